The molecule has 2 fully saturated rings. The van der Waals surface area contributed by atoms with Crippen LogP contribution in [-0.2, 0) is 23.7 Å². The van der Waals surface area contributed by atoms with Gasteiger partial charge >= 0.3 is 5.97 Å². The van der Waals surface area contributed by atoms with Crippen molar-refractivity contribution in [3.8, 4) is 34.3 Å². The predicted molar refractivity (Wildman–Crippen MR) is 148 cm³/mol. The van der Waals surface area contributed by atoms with E-state index in [-0.39, 0.29) is 28.0 Å². The molecule has 0 saturated carbocycles. The average molecular weight is 637 g/mol. The summed E-state index contributed by atoms with van der Waals surface area (Å²) in [6.45, 7) is 1.71. The Kier molecular flexibility index (Phi) is 9.20. The lowest BCUT2D eigenvalue weighted by Gasteiger charge is -2.46. The topological polar surface area (TPSA) is 255 Å². The summed E-state index contributed by atoms with van der Waals surface area (Å²) in [5.41, 5.74) is -0.929. The van der Waals surface area contributed by atoms with Crippen LogP contribution >= 0.6 is 0 Å². The summed E-state index contributed by atoms with van der Waals surface area (Å²) >= 11 is 0. The Morgan fingerprint density at radius 2 is 1.56 bits per heavy atom. The Labute approximate surface area is 253 Å². The van der Waals surface area contributed by atoms with Crippen molar-refractivity contribution in [2.45, 2.75) is 75.3 Å². The molecular weight excluding hydrogens is 604 g/mol. The van der Waals surface area contributed by atoms with Gasteiger partial charge in [-0.3, -0.25) is 9.59 Å². The number of aliphatic hydroxyl groups excluding tert-OH is 5. The van der Waals surface area contributed by atoms with E-state index in [0.29, 0.717) is 0 Å². The van der Waals surface area contributed by atoms with Gasteiger partial charge in [0.15, 0.2) is 18.2 Å². The molecule has 0 unspecified atom stereocenters. The Hall–Kier alpha value is -4.00. The van der Waals surface area contributed by atoms with Gasteiger partial charge < -0.3 is 69.0 Å². The molecule has 3 aromatic rings. The number of phenolic OH excluding ortho intramolecular Hbond substituents is 3. The Balaban J connectivity index is 1.52. The van der Waals surface area contributed by atoms with Crippen molar-refractivity contribution in [2.24, 2.45) is 0 Å². The van der Waals surface area contributed by atoms with E-state index in [9.17, 15) is 50.4 Å². The van der Waals surface area contributed by atoms with Crippen LogP contribution in [-0.4, -0.2) is 115 Å². The lowest BCUT2D eigenvalue weighted by molar-refractivity contribution is -0.349. The maximum absolute atomic E-state index is 13.7. The second kappa shape index (κ2) is 12.8. The minimum absolute atomic E-state index is 0.104. The highest BCUT2D eigenvalue weighted by Gasteiger charge is 2.52. The number of fused-ring (bicyclic) bond motifs is 1. The Morgan fingerprint density at radius 1 is 0.867 bits per heavy atom. The van der Waals surface area contributed by atoms with Gasteiger partial charge in [0, 0.05) is 24.6 Å². The highest BCUT2D eigenvalue weighted by molar-refractivity contribution is 5.88. The highest BCUT2D eigenvalue weighted by atomic mass is 16.7. The molecule has 2 aliphatic rings. The molecule has 16 nitrogen and oxygen atoms in total. The van der Waals surface area contributed by atoms with Crippen molar-refractivity contribution in [2.75, 3.05) is 6.61 Å². The number of carbonyl (C=O) groups is 1. The van der Waals surface area contributed by atoms with Crippen LogP contribution in [0, 0.1) is 0 Å². The van der Waals surface area contributed by atoms with E-state index in [2.05, 4.69) is 0 Å². The third kappa shape index (κ3) is 6.27. The quantitative estimate of drug-likeness (QED) is 0.147. The third-order valence-electron chi connectivity index (χ3n) is 7.48. The normalized spacial score (nSPS) is 31.9. The zero-order valence-electron chi connectivity index (χ0n) is 23.8. The van der Waals surface area contributed by atoms with Gasteiger partial charge in [0.25, 0.3) is 0 Å². The first-order chi connectivity index (χ1) is 21.3. The van der Waals surface area contributed by atoms with E-state index in [1.165, 1.54) is 31.2 Å². The number of esters is 1. The van der Waals surface area contributed by atoms with Crippen LogP contribution in [0.3, 0.4) is 0 Å². The summed E-state index contributed by atoms with van der Waals surface area (Å²) in [5.74, 6) is -2.82. The second-order valence-corrected chi connectivity index (χ2v) is 10.7. The summed E-state index contributed by atoms with van der Waals surface area (Å²) in [4.78, 5) is 25.8. The molecule has 45 heavy (non-hydrogen) atoms. The summed E-state index contributed by atoms with van der Waals surface area (Å²) in [6.07, 6.45) is -16.0. The van der Waals surface area contributed by atoms with Crippen LogP contribution in [0.5, 0.6) is 23.0 Å². The van der Waals surface area contributed by atoms with Crippen LogP contribution in [0.25, 0.3) is 22.3 Å². The molecule has 2 aromatic carbocycles. The SMILES string of the molecule is CC(=O)O[C@@H]1[C@@H](Oc2c(-c3ccc(O)cc3)oc3cc(O)cc(O)c3c2=O)O[C@@H](C)[C@@H](O[C@H]2O[C@@H](CO)[C@H](O)[C@H](O)[C@@H]2O)[C@H]1O. The van der Waals surface area contributed by atoms with E-state index in [0.717, 1.165) is 19.1 Å². The molecule has 2 saturated heterocycles. The first-order valence-corrected chi connectivity index (χ1v) is 13.8. The van der Waals surface area contributed by atoms with Crippen LogP contribution in [0.15, 0.2) is 45.6 Å². The number of hydrogen-bond donors (Lipinski definition) is 8. The zero-order chi connectivity index (χ0) is 32.7. The van der Waals surface area contributed by atoms with Gasteiger partial charge in [0.05, 0.1) is 12.7 Å². The van der Waals surface area contributed by atoms with Gasteiger partial charge in [-0.05, 0) is 31.2 Å². The maximum Gasteiger partial charge on any atom is 0.303 e. The average Bonchev–Trinajstić information content (AvgIpc) is 2.98. The summed E-state index contributed by atoms with van der Waals surface area (Å²) < 4.78 is 34.0. The molecule has 2 aliphatic heterocycles. The lowest BCUT2D eigenvalue weighted by atomic mass is 9.97. The minimum atomic E-state index is -1.81. The molecule has 3 heterocycles. The first-order valence-electron chi connectivity index (χ1n) is 13.8. The zero-order valence-corrected chi connectivity index (χ0v) is 23.8. The fraction of sp³-hybridized carbons (Fsp3) is 0.448. The Morgan fingerprint density at radius 3 is 2.20 bits per heavy atom. The summed E-state index contributed by atoms with van der Waals surface area (Å²) in [6, 6.07) is 7.39. The van der Waals surface area contributed by atoms with Gasteiger partial charge in [-0.2, -0.15) is 0 Å². The van der Waals surface area contributed by atoms with Gasteiger partial charge in [0.2, 0.25) is 17.5 Å². The molecule has 10 atom stereocenters. The largest absolute Gasteiger partial charge is 0.508 e. The van der Waals surface area contributed by atoms with Gasteiger partial charge in [-0.1, -0.05) is 0 Å². The number of rotatable bonds is 7. The molecule has 0 amide bonds. The van der Waals surface area contributed by atoms with Gasteiger partial charge in [-0.15, -0.1) is 0 Å². The summed E-state index contributed by atoms with van der Waals surface area (Å²) in [7, 11) is 0. The van der Waals surface area contributed by atoms with Crippen molar-refractivity contribution in [1.29, 1.82) is 0 Å². The third-order valence-corrected chi connectivity index (χ3v) is 7.48. The Bertz CT molecular complexity index is 1590. The van der Waals surface area contributed by atoms with Crippen LogP contribution in [0.4, 0.5) is 0 Å². The van der Waals surface area contributed by atoms with Crippen molar-refractivity contribution in [3.05, 3.63) is 46.6 Å². The molecule has 16 heteroatoms. The second-order valence-electron chi connectivity index (χ2n) is 10.7. The number of aromatic hydroxyl groups is 3. The van der Waals surface area contributed by atoms with Gasteiger partial charge in [-0.25, -0.2) is 0 Å². The molecule has 0 aliphatic carbocycles. The lowest BCUT2D eigenvalue weighted by Crippen LogP contribution is -2.64. The van der Waals surface area contributed by atoms with Crippen LogP contribution in [0.2, 0.25) is 0 Å². The fourth-order valence-corrected chi connectivity index (χ4v) is 5.22. The molecule has 0 bridgehead atoms. The van der Waals surface area contributed by atoms with Crippen LogP contribution < -0.4 is 10.2 Å². The molecule has 1 aromatic heterocycles. The molecule has 0 radical (unpaired) electrons. The standard InChI is InChI=1S/C29H32O16/c1-10-24(44-28-22(38)21(37)19(35)17(9-30)43-28)23(39)27(41-11(2)31)29(40-10)45-26-20(36)18-15(34)7-14(33)8-16(18)42-25(26)12-3-5-13(32)6-4-12/h3-8,10,17,19,21-24,27-30,32-35,37-39H,9H2,1-2H3/t10-,17-,19-,21-,22-,23+,24+,27-,28+,29+/m0/s1. The van der Waals surface area contributed by atoms with E-state index >= 15 is 0 Å². The van der Waals surface area contributed by atoms with Gasteiger partial charge in [0.1, 0.15) is 64.8 Å². The van der Waals surface area contributed by atoms with Crippen molar-refractivity contribution in [3.63, 3.8) is 0 Å². The molecule has 244 valence electrons. The number of hydrogen-bond acceptors (Lipinski definition) is 16. The van der Waals surface area contributed by atoms with Crippen molar-refractivity contribution in [1.82, 2.24) is 0 Å². The monoisotopic (exact) mass is 636 g/mol. The number of ether oxygens (including phenoxy) is 5. The highest BCUT2D eigenvalue weighted by Crippen LogP contribution is 2.38. The van der Waals surface area contributed by atoms with Crippen LogP contribution in [0.1, 0.15) is 13.8 Å². The van der Waals surface area contributed by atoms with Crippen molar-refractivity contribution < 1.29 is 73.7 Å². The number of aliphatic hydroxyl groups is 5. The van der Waals surface area contributed by atoms with E-state index in [1.54, 1.807) is 0 Å². The van der Waals surface area contributed by atoms with E-state index in [1.807, 2.05) is 0 Å². The van der Waals surface area contributed by atoms with E-state index < -0.39 is 96.7 Å². The fourth-order valence-electron chi connectivity index (χ4n) is 5.22. The molecule has 0 spiro atoms. The number of benzene rings is 2. The molecule has 8 N–H and O–H groups in total. The first kappa shape index (κ1) is 32.4. The number of carbonyl (C=O) groups excluding carboxylic acids is 1. The minimum Gasteiger partial charge on any atom is -0.508 e. The smallest absolute Gasteiger partial charge is 0.303 e. The summed E-state index contributed by atoms with van der Waals surface area (Å²) in [5, 5.41) is 81.3. The molecule has 5 rings (SSSR count). The van der Waals surface area contributed by atoms with E-state index in [4.69, 9.17) is 28.1 Å². The predicted octanol–water partition coefficient (Wildman–Crippen LogP) is -0.822. The maximum atomic E-state index is 13.7. The molecular formula is C29H32O16. The number of phenols is 3. The van der Waals surface area contributed by atoms with Crippen molar-refractivity contribution >= 4 is 16.9 Å².